The van der Waals surface area contributed by atoms with Gasteiger partial charge in [0.05, 0.1) is 11.4 Å². The van der Waals surface area contributed by atoms with Crippen LogP contribution in [0.15, 0.2) is 24.3 Å². The van der Waals surface area contributed by atoms with Gasteiger partial charge in [0.25, 0.3) is 0 Å². The lowest BCUT2D eigenvalue weighted by atomic mass is 9.80. The summed E-state index contributed by atoms with van der Waals surface area (Å²) in [5.41, 5.74) is 4.86. The predicted octanol–water partition coefficient (Wildman–Crippen LogP) is 3.71. The molecule has 1 aromatic carbocycles. The zero-order valence-corrected chi connectivity index (χ0v) is 12.7. The maximum atomic E-state index is 6.11. The second-order valence-electron chi connectivity index (χ2n) is 5.92. The number of hydrogen-bond donors (Lipinski definition) is 1. The summed E-state index contributed by atoms with van der Waals surface area (Å²) in [7, 11) is 0. The Balaban J connectivity index is 1.84. The molecular weight excluding hydrogens is 282 g/mol. The van der Waals surface area contributed by atoms with E-state index in [1.807, 2.05) is 24.3 Å². The van der Waals surface area contributed by atoms with Crippen molar-refractivity contribution >= 4 is 11.6 Å². The molecule has 0 amide bonds. The van der Waals surface area contributed by atoms with Crippen LogP contribution in [0, 0.1) is 0 Å². The van der Waals surface area contributed by atoms with Crippen molar-refractivity contribution < 1.29 is 0 Å². The Morgan fingerprint density at radius 2 is 2.10 bits per heavy atom. The van der Waals surface area contributed by atoms with E-state index in [1.165, 1.54) is 36.2 Å². The summed E-state index contributed by atoms with van der Waals surface area (Å²) in [5.74, 6) is 1.46. The molecule has 2 aromatic rings. The number of nitrogens with zero attached hydrogens (tertiary/aromatic N) is 2. The minimum Gasteiger partial charge on any atom is -0.312 e. The molecule has 1 aromatic heterocycles. The van der Waals surface area contributed by atoms with Gasteiger partial charge < -0.3 is 5.32 Å². The minimum absolute atomic E-state index is 0.625. The van der Waals surface area contributed by atoms with Gasteiger partial charge >= 0.3 is 0 Å². The second kappa shape index (κ2) is 5.39. The highest BCUT2D eigenvalue weighted by Gasteiger charge is 2.27. The van der Waals surface area contributed by atoms with Gasteiger partial charge in [0.1, 0.15) is 0 Å². The summed E-state index contributed by atoms with van der Waals surface area (Å²) in [6, 6.07) is 7.85. The Kier molecular flexibility index (Phi) is 3.40. The Morgan fingerprint density at radius 1 is 1.19 bits per heavy atom. The molecule has 3 nitrogen and oxygen atoms in total. The lowest BCUT2D eigenvalue weighted by molar-refractivity contribution is 0.404. The van der Waals surface area contributed by atoms with E-state index in [4.69, 9.17) is 21.6 Å². The van der Waals surface area contributed by atoms with Crippen LogP contribution in [0.1, 0.15) is 42.1 Å². The van der Waals surface area contributed by atoms with Crippen LogP contribution in [0.2, 0.25) is 5.02 Å². The van der Waals surface area contributed by atoms with Gasteiger partial charge in [-0.1, -0.05) is 30.2 Å². The molecule has 4 heteroatoms. The molecule has 2 aliphatic rings. The first-order valence-electron chi connectivity index (χ1n) is 7.67. The maximum absolute atomic E-state index is 6.11. The number of rotatable bonds is 2. The van der Waals surface area contributed by atoms with Gasteiger partial charge in [0.15, 0.2) is 5.82 Å². The summed E-state index contributed by atoms with van der Waals surface area (Å²) in [6.45, 7) is 1.92. The van der Waals surface area contributed by atoms with Gasteiger partial charge in [-0.15, -0.1) is 0 Å². The first kappa shape index (κ1) is 13.2. The topological polar surface area (TPSA) is 37.8 Å². The molecule has 0 atom stereocenters. The van der Waals surface area contributed by atoms with Crippen molar-refractivity contribution in [3.8, 4) is 11.4 Å². The van der Waals surface area contributed by atoms with E-state index in [0.29, 0.717) is 5.92 Å². The van der Waals surface area contributed by atoms with Gasteiger partial charge in [0.2, 0.25) is 0 Å². The standard InChI is InChI=1S/C17H18ClN3/c18-13-6-2-5-12(9-13)17-20-15-7-8-19-10-14(15)16(21-17)11-3-1-4-11/h2,5-6,9,11,19H,1,3-4,7-8,10H2. The van der Waals surface area contributed by atoms with E-state index in [2.05, 4.69) is 5.32 Å². The van der Waals surface area contributed by atoms with Crippen LogP contribution in [0.25, 0.3) is 11.4 Å². The van der Waals surface area contributed by atoms with Gasteiger partial charge in [-0.05, 0) is 25.0 Å². The van der Waals surface area contributed by atoms with Crippen molar-refractivity contribution in [3.63, 3.8) is 0 Å². The zero-order valence-electron chi connectivity index (χ0n) is 11.9. The molecule has 0 radical (unpaired) electrons. The smallest absolute Gasteiger partial charge is 0.159 e. The Labute approximate surface area is 129 Å². The molecule has 0 saturated heterocycles. The summed E-state index contributed by atoms with van der Waals surface area (Å²) >= 11 is 6.11. The van der Waals surface area contributed by atoms with Crippen molar-refractivity contribution in [1.82, 2.24) is 15.3 Å². The molecule has 1 fully saturated rings. The van der Waals surface area contributed by atoms with Crippen molar-refractivity contribution in [3.05, 3.63) is 46.2 Å². The highest BCUT2D eigenvalue weighted by atomic mass is 35.5. The summed E-state index contributed by atoms with van der Waals surface area (Å²) in [5, 5.41) is 4.19. The first-order chi connectivity index (χ1) is 10.3. The molecule has 0 bridgehead atoms. The van der Waals surface area contributed by atoms with E-state index in [0.717, 1.165) is 35.9 Å². The predicted molar refractivity (Wildman–Crippen MR) is 84.5 cm³/mol. The van der Waals surface area contributed by atoms with Gasteiger partial charge in [-0.3, -0.25) is 0 Å². The summed E-state index contributed by atoms with van der Waals surface area (Å²) in [4.78, 5) is 9.73. The summed E-state index contributed by atoms with van der Waals surface area (Å²) < 4.78 is 0. The lowest BCUT2D eigenvalue weighted by Gasteiger charge is -2.29. The molecule has 4 rings (SSSR count). The van der Waals surface area contributed by atoms with E-state index < -0.39 is 0 Å². The normalized spacial score (nSPS) is 18.1. The Morgan fingerprint density at radius 3 is 2.86 bits per heavy atom. The van der Waals surface area contributed by atoms with Crippen molar-refractivity contribution in [1.29, 1.82) is 0 Å². The van der Waals surface area contributed by atoms with Crippen LogP contribution < -0.4 is 5.32 Å². The fourth-order valence-electron chi connectivity index (χ4n) is 3.15. The molecule has 0 unspecified atom stereocenters. The van der Waals surface area contributed by atoms with Crippen molar-refractivity contribution in [2.24, 2.45) is 0 Å². The Bertz CT molecular complexity index is 680. The number of benzene rings is 1. The van der Waals surface area contributed by atoms with Crippen LogP contribution in [-0.2, 0) is 13.0 Å². The number of nitrogens with one attached hydrogen (secondary N) is 1. The van der Waals surface area contributed by atoms with Crippen molar-refractivity contribution in [2.45, 2.75) is 38.1 Å². The quantitative estimate of drug-likeness (QED) is 0.918. The molecule has 21 heavy (non-hydrogen) atoms. The molecular formula is C17H18ClN3. The fraction of sp³-hybridized carbons (Fsp3) is 0.412. The summed E-state index contributed by atoms with van der Waals surface area (Å²) in [6.07, 6.45) is 4.84. The van der Waals surface area contributed by atoms with Crippen LogP contribution in [-0.4, -0.2) is 16.5 Å². The molecule has 1 N–H and O–H groups in total. The van der Waals surface area contributed by atoms with E-state index >= 15 is 0 Å². The maximum Gasteiger partial charge on any atom is 0.159 e. The average Bonchev–Trinajstić information content (AvgIpc) is 2.45. The number of halogens is 1. The fourth-order valence-corrected chi connectivity index (χ4v) is 3.34. The van der Waals surface area contributed by atoms with Crippen LogP contribution in [0.4, 0.5) is 0 Å². The lowest BCUT2D eigenvalue weighted by Crippen LogP contribution is -2.28. The van der Waals surface area contributed by atoms with Gasteiger partial charge in [-0.25, -0.2) is 9.97 Å². The minimum atomic E-state index is 0.625. The third-order valence-corrected chi connectivity index (χ3v) is 4.77. The molecule has 1 aliphatic carbocycles. The van der Waals surface area contributed by atoms with Gasteiger partial charge in [0, 0.05) is 41.6 Å². The van der Waals surface area contributed by atoms with Crippen LogP contribution >= 0.6 is 11.6 Å². The Hall–Kier alpha value is -1.45. The third kappa shape index (κ3) is 2.45. The molecule has 2 heterocycles. The zero-order chi connectivity index (χ0) is 14.2. The second-order valence-corrected chi connectivity index (χ2v) is 6.36. The van der Waals surface area contributed by atoms with E-state index in [1.54, 1.807) is 0 Å². The number of aromatic nitrogens is 2. The number of fused-ring (bicyclic) bond motifs is 1. The van der Waals surface area contributed by atoms with Crippen LogP contribution in [0.3, 0.4) is 0 Å². The van der Waals surface area contributed by atoms with Gasteiger partial charge in [-0.2, -0.15) is 0 Å². The van der Waals surface area contributed by atoms with Crippen LogP contribution in [0.5, 0.6) is 0 Å². The SMILES string of the molecule is Clc1cccc(-c2nc3c(c(C4CCC4)n2)CNCC3)c1. The van der Waals surface area contributed by atoms with E-state index in [-0.39, 0.29) is 0 Å². The third-order valence-electron chi connectivity index (χ3n) is 4.54. The monoisotopic (exact) mass is 299 g/mol. The molecule has 1 aliphatic heterocycles. The molecule has 108 valence electrons. The molecule has 1 saturated carbocycles. The average molecular weight is 300 g/mol. The molecule has 0 spiro atoms. The van der Waals surface area contributed by atoms with E-state index in [9.17, 15) is 0 Å². The highest BCUT2D eigenvalue weighted by Crippen LogP contribution is 2.39. The highest BCUT2D eigenvalue weighted by molar-refractivity contribution is 6.30. The van der Waals surface area contributed by atoms with Crippen molar-refractivity contribution in [2.75, 3.05) is 6.54 Å². The first-order valence-corrected chi connectivity index (χ1v) is 8.05. The number of hydrogen-bond acceptors (Lipinski definition) is 3. The largest absolute Gasteiger partial charge is 0.312 e.